The largest absolute Gasteiger partial charge is 0.383 e. The monoisotopic (exact) mass is 280 g/mol. The highest BCUT2D eigenvalue weighted by molar-refractivity contribution is 5.90. The van der Waals surface area contributed by atoms with Gasteiger partial charge in [-0.2, -0.15) is 15.5 Å². The van der Waals surface area contributed by atoms with Crippen molar-refractivity contribution in [2.75, 3.05) is 5.73 Å². The highest BCUT2D eigenvalue weighted by atomic mass is 15.4. The number of anilines is 1. The number of fused-ring (bicyclic) bond motifs is 1. The van der Waals surface area contributed by atoms with Gasteiger partial charge in [0.05, 0.1) is 28.4 Å². The average Bonchev–Trinajstić information content (AvgIpc) is 3.00. The molecule has 21 heavy (non-hydrogen) atoms. The van der Waals surface area contributed by atoms with Crippen molar-refractivity contribution < 1.29 is 0 Å². The Morgan fingerprint density at radius 1 is 1.24 bits per heavy atom. The molecule has 3 aromatic rings. The van der Waals surface area contributed by atoms with E-state index in [2.05, 4.69) is 42.1 Å². The molecule has 0 aliphatic carbocycles. The summed E-state index contributed by atoms with van der Waals surface area (Å²) in [6.07, 6.45) is 0. The fourth-order valence-electron chi connectivity index (χ4n) is 2.31. The van der Waals surface area contributed by atoms with E-state index in [0.29, 0.717) is 17.0 Å². The molecule has 6 nitrogen and oxygen atoms in total. The summed E-state index contributed by atoms with van der Waals surface area (Å²) >= 11 is 0. The van der Waals surface area contributed by atoms with Gasteiger partial charge >= 0.3 is 0 Å². The van der Waals surface area contributed by atoms with E-state index in [-0.39, 0.29) is 5.41 Å². The second-order valence-electron chi connectivity index (χ2n) is 6.00. The third-order valence-electron chi connectivity index (χ3n) is 3.36. The van der Waals surface area contributed by atoms with Gasteiger partial charge in [-0.05, 0) is 24.3 Å². The summed E-state index contributed by atoms with van der Waals surface area (Å²) in [5, 5.41) is 21.5. The molecule has 2 heterocycles. The highest BCUT2D eigenvalue weighted by Gasteiger charge is 2.26. The summed E-state index contributed by atoms with van der Waals surface area (Å²) in [4.78, 5) is 0. The van der Waals surface area contributed by atoms with Gasteiger partial charge in [-0.15, -0.1) is 0 Å². The Morgan fingerprint density at radius 2 is 1.90 bits per heavy atom. The highest BCUT2D eigenvalue weighted by Crippen LogP contribution is 2.32. The number of nitrogens with zero attached hydrogens (tertiary/aromatic N) is 4. The van der Waals surface area contributed by atoms with Gasteiger partial charge in [-0.1, -0.05) is 20.8 Å². The smallest absolute Gasteiger partial charge is 0.186 e. The van der Waals surface area contributed by atoms with Crippen molar-refractivity contribution >= 4 is 16.9 Å². The Kier molecular flexibility index (Phi) is 2.73. The van der Waals surface area contributed by atoms with Crippen molar-refractivity contribution in [3.8, 4) is 11.8 Å². The van der Waals surface area contributed by atoms with Crippen LogP contribution in [0.25, 0.3) is 16.7 Å². The zero-order valence-electron chi connectivity index (χ0n) is 12.2. The minimum absolute atomic E-state index is 0.145. The molecule has 0 atom stereocenters. The van der Waals surface area contributed by atoms with Crippen molar-refractivity contribution in [1.82, 2.24) is 20.0 Å². The molecule has 0 amide bonds. The number of nitrogens with two attached hydrogens (primary N) is 1. The Hall–Kier alpha value is -2.81. The molecule has 0 saturated carbocycles. The van der Waals surface area contributed by atoms with Gasteiger partial charge in [0.25, 0.3) is 0 Å². The van der Waals surface area contributed by atoms with Crippen LogP contribution in [0.3, 0.4) is 0 Å². The van der Waals surface area contributed by atoms with Crippen LogP contribution in [0.2, 0.25) is 0 Å². The number of benzene rings is 1. The van der Waals surface area contributed by atoms with E-state index in [1.165, 1.54) is 0 Å². The Bertz CT molecular complexity index is 839. The first-order chi connectivity index (χ1) is 9.91. The normalized spacial score (nSPS) is 11.7. The zero-order valence-corrected chi connectivity index (χ0v) is 12.2. The second kappa shape index (κ2) is 4.35. The van der Waals surface area contributed by atoms with E-state index >= 15 is 0 Å². The third-order valence-corrected chi connectivity index (χ3v) is 3.36. The number of hydrogen-bond acceptors (Lipinski definition) is 4. The van der Waals surface area contributed by atoms with Gasteiger partial charge in [0, 0.05) is 5.41 Å². The van der Waals surface area contributed by atoms with Crippen LogP contribution in [0.1, 0.15) is 32.0 Å². The molecule has 2 aromatic heterocycles. The fourth-order valence-corrected chi connectivity index (χ4v) is 2.31. The molecule has 3 rings (SSSR count). The maximum absolute atomic E-state index is 8.88. The number of nitrogen functional groups attached to an aromatic ring is 1. The molecule has 6 heteroatoms. The lowest BCUT2D eigenvalue weighted by atomic mass is 9.91. The lowest BCUT2D eigenvalue weighted by Crippen LogP contribution is -2.13. The van der Waals surface area contributed by atoms with Crippen molar-refractivity contribution in [3.63, 3.8) is 0 Å². The van der Waals surface area contributed by atoms with E-state index in [1.54, 1.807) is 16.8 Å². The summed E-state index contributed by atoms with van der Waals surface area (Å²) in [6, 6.07) is 9.32. The van der Waals surface area contributed by atoms with Crippen molar-refractivity contribution in [2.45, 2.75) is 26.2 Å². The standard InChI is InChI=1S/C15H16N6/c1-15(2,3)12-11-13(17)18-19-14(11)21(20-12)10-6-4-9(8-16)5-7-10/h4-7H,1-3H3,(H3,17,18,19). The number of aromatic amines is 1. The maximum atomic E-state index is 8.88. The van der Waals surface area contributed by atoms with Crippen LogP contribution in [-0.2, 0) is 5.41 Å². The van der Waals surface area contributed by atoms with Gasteiger partial charge in [0.15, 0.2) is 5.65 Å². The number of aromatic nitrogens is 4. The molecule has 0 bridgehead atoms. The molecule has 0 aliphatic rings. The fraction of sp³-hybridized carbons (Fsp3) is 0.267. The molecular weight excluding hydrogens is 264 g/mol. The van der Waals surface area contributed by atoms with Crippen LogP contribution >= 0.6 is 0 Å². The van der Waals surface area contributed by atoms with Gasteiger partial charge in [-0.3, -0.25) is 5.10 Å². The lowest BCUT2D eigenvalue weighted by molar-refractivity contribution is 0.564. The number of nitriles is 1. The first-order valence-corrected chi connectivity index (χ1v) is 6.65. The Balaban J connectivity index is 2.26. The predicted molar refractivity (Wildman–Crippen MR) is 81.0 cm³/mol. The van der Waals surface area contributed by atoms with Crippen LogP contribution in [0.5, 0.6) is 0 Å². The Labute approximate surface area is 122 Å². The molecule has 0 fully saturated rings. The molecule has 0 spiro atoms. The summed E-state index contributed by atoms with van der Waals surface area (Å²) in [5.74, 6) is 0.523. The summed E-state index contributed by atoms with van der Waals surface area (Å²) < 4.78 is 1.75. The van der Waals surface area contributed by atoms with Crippen LogP contribution in [-0.4, -0.2) is 20.0 Å². The summed E-state index contributed by atoms with van der Waals surface area (Å²) in [7, 11) is 0. The lowest BCUT2D eigenvalue weighted by Gasteiger charge is -2.15. The summed E-state index contributed by atoms with van der Waals surface area (Å²) in [6.45, 7) is 6.26. The molecule has 0 unspecified atom stereocenters. The number of rotatable bonds is 1. The van der Waals surface area contributed by atoms with Crippen LogP contribution < -0.4 is 5.73 Å². The predicted octanol–water partition coefficient (Wildman–Crippen LogP) is 2.50. The summed E-state index contributed by atoms with van der Waals surface area (Å²) in [5.41, 5.74) is 8.90. The van der Waals surface area contributed by atoms with Crippen molar-refractivity contribution in [2.24, 2.45) is 0 Å². The molecule has 106 valence electrons. The van der Waals surface area contributed by atoms with E-state index in [4.69, 9.17) is 11.0 Å². The van der Waals surface area contributed by atoms with Gasteiger partial charge in [0.2, 0.25) is 0 Å². The van der Waals surface area contributed by atoms with Crippen molar-refractivity contribution in [3.05, 3.63) is 35.5 Å². The van der Waals surface area contributed by atoms with E-state index < -0.39 is 0 Å². The zero-order chi connectivity index (χ0) is 15.2. The van der Waals surface area contributed by atoms with E-state index in [0.717, 1.165) is 16.8 Å². The van der Waals surface area contributed by atoms with Gasteiger partial charge in [0.1, 0.15) is 5.82 Å². The van der Waals surface area contributed by atoms with Crippen LogP contribution in [0.15, 0.2) is 24.3 Å². The van der Waals surface area contributed by atoms with Gasteiger partial charge in [-0.25, -0.2) is 4.68 Å². The number of nitrogens with one attached hydrogen (secondary N) is 1. The topological polar surface area (TPSA) is 96.3 Å². The Morgan fingerprint density at radius 3 is 2.48 bits per heavy atom. The minimum Gasteiger partial charge on any atom is -0.383 e. The first-order valence-electron chi connectivity index (χ1n) is 6.65. The van der Waals surface area contributed by atoms with Crippen LogP contribution in [0.4, 0.5) is 5.82 Å². The maximum Gasteiger partial charge on any atom is 0.186 e. The minimum atomic E-state index is -0.145. The number of hydrogen-bond donors (Lipinski definition) is 2. The third kappa shape index (κ3) is 2.03. The molecule has 0 radical (unpaired) electrons. The second-order valence-corrected chi connectivity index (χ2v) is 6.00. The quantitative estimate of drug-likeness (QED) is 0.715. The van der Waals surface area contributed by atoms with E-state index in [9.17, 15) is 0 Å². The molecular formula is C15H16N6. The number of H-pyrrole nitrogens is 1. The van der Waals surface area contributed by atoms with Gasteiger partial charge < -0.3 is 5.73 Å². The van der Waals surface area contributed by atoms with Crippen LogP contribution in [0, 0.1) is 11.3 Å². The molecule has 3 N–H and O–H groups in total. The SMILES string of the molecule is CC(C)(C)c1nn(-c2ccc(C#N)cc2)c2n[nH]c(N)c12. The molecule has 1 aromatic carbocycles. The molecule has 0 saturated heterocycles. The van der Waals surface area contributed by atoms with E-state index in [1.807, 2.05) is 12.1 Å². The first kappa shape index (κ1) is 13.2. The average molecular weight is 280 g/mol. The van der Waals surface area contributed by atoms with Crippen molar-refractivity contribution in [1.29, 1.82) is 5.26 Å². The molecule has 0 aliphatic heterocycles.